The second-order valence-corrected chi connectivity index (χ2v) is 8.17. The number of methoxy groups -OCH3 is 1. The largest absolute Gasteiger partial charge is 0.493 e. The molecule has 4 aromatic rings. The van der Waals surface area contributed by atoms with E-state index in [-0.39, 0.29) is 17.5 Å². The van der Waals surface area contributed by atoms with E-state index in [1.807, 2.05) is 49.6 Å². The molecule has 0 saturated heterocycles. The summed E-state index contributed by atoms with van der Waals surface area (Å²) in [4.78, 5) is 31.3. The van der Waals surface area contributed by atoms with Gasteiger partial charge in [0.05, 0.1) is 18.5 Å². The Balaban J connectivity index is 1.60. The van der Waals surface area contributed by atoms with Gasteiger partial charge in [-0.15, -0.1) is 11.3 Å². The van der Waals surface area contributed by atoms with Gasteiger partial charge in [-0.1, -0.05) is 30.3 Å². The molecule has 0 spiro atoms. The maximum Gasteiger partial charge on any atom is 0.230 e. The first kappa shape index (κ1) is 21.5. The highest BCUT2D eigenvalue weighted by Crippen LogP contribution is 2.34. The Labute approximate surface area is 189 Å². The number of carbonyl (C=O) groups excluding carboxylic acids is 2. The molecule has 1 amide bonds. The van der Waals surface area contributed by atoms with Crippen molar-refractivity contribution in [3.63, 3.8) is 0 Å². The topological polar surface area (TPSA) is 72.6 Å². The first-order valence-electron chi connectivity index (χ1n) is 10.0. The van der Waals surface area contributed by atoms with Gasteiger partial charge in [-0.2, -0.15) is 0 Å². The summed E-state index contributed by atoms with van der Waals surface area (Å²) in [6.45, 7) is 5.45. The molecule has 0 N–H and O–H groups in total. The van der Waals surface area contributed by atoms with Crippen molar-refractivity contribution in [3.05, 3.63) is 76.5 Å². The number of hydrogen-bond donors (Lipinski definition) is 0. The average molecular weight is 447 g/mol. The number of anilines is 2. The Morgan fingerprint density at radius 2 is 1.84 bits per heavy atom. The van der Waals surface area contributed by atoms with Crippen molar-refractivity contribution in [1.29, 1.82) is 0 Å². The Morgan fingerprint density at radius 1 is 1.12 bits per heavy atom. The summed E-state index contributed by atoms with van der Waals surface area (Å²) >= 11 is 1.35. The summed E-state index contributed by atoms with van der Waals surface area (Å²) in [6.07, 6.45) is 3.04. The number of aryl methyl sites for hydroxylation is 2. The first-order chi connectivity index (χ1) is 15.4. The number of aromatic nitrogens is 1. The van der Waals surface area contributed by atoms with Crippen LogP contribution in [-0.4, -0.2) is 23.8 Å². The summed E-state index contributed by atoms with van der Waals surface area (Å²) in [6, 6.07) is 13.1. The van der Waals surface area contributed by atoms with Crippen LogP contribution in [0.2, 0.25) is 0 Å². The summed E-state index contributed by atoms with van der Waals surface area (Å²) in [5.74, 6) is 0.387. The van der Waals surface area contributed by atoms with E-state index in [4.69, 9.17) is 9.15 Å². The number of fused-ring (bicyclic) bond motifs is 1. The third-order valence-electron chi connectivity index (χ3n) is 5.06. The van der Waals surface area contributed by atoms with Gasteiger partial charge in [-0.3, -0.25) is 14.5 Å². The number of benzene rings is 2. The van der Waals surface area contributed by atoms with Gasteiger partial charge in [-0.25, -0.2) is 4.98 Å². The van der Waals surface area contributed by atoms with E-state index in [1.165, 1.54) is 24.3 Å². The molecule has 0 aliphatic rings. The minimum Gasteiger partial charge on any atom is -0.493 e. The van der Waals surface area contributed by atoms with Crippen LogP contribution >= 0.6 is 11.3 Å². The fraction of sp³-hybridized carbons (Fsp3) is 0.160. The molecule has 0 fully saturated rings. The van der Waals surface area contributed by atoms with Gasteiger partial charge in [0, 0.05) is 17.7 Å². The molecular formula is C25H22N2O4S. The van der Waals surface area contributed by atoms with Crippen LogP contribution < -0.4 is 9.64 Å². The fourth-order valence-electron chi connectivity index (χ4n) is 3.56. The first-order valence-corrected chi connectivity index (χ1v) is 10.9. The molecule has 2 aromatic carbocycles. The molecule has 2 heterocycles. The number of hydrogen-bond acceptors (Lipinski definition) is 6. The lowest BCUT2D eigenvalue weighted by Crippen LogP contribution is -2.24. The van der Waals surface area contributed by atoms with E-state index in [0.29, 0.717) is 22.2 Å². The van der Waals surface area contributed by atoms with E-state index < -0.39 is 0 Å². The highest BCUT2D eigenvalue weighted by atomic mass is 32.1. The van der Waals surface area contributed by atoms with Crippen LogP contribution in [0, 0.1) is 13.8 Å². The van der Waals surface area contributed by atoms with Crippen LogP contribution in [0.5, 0.6) is 5.75 Å². The van der Waals surface area contributed by atoms with Crippen LogP contribution in [0.4, 0.5) is 10.8 Å². The number of amides is 1. The van der Waals surface area contributed by atoms with Crippen molar-refractivity contribution < 1.29 is 18.7 Å². The van der Waals surface area contributed by atoms with E-state index in [9.17, 15) is 9.59 Å². The third kappa shape index (κ3) is 4.07. The molecule has 32 heavy (non-hydrogen) atoms. The van der Waals surface area contributed by atoms with Crippen molar-refractivity contribution >= 4 is 50.9 Å². The minimum absolute atomic E-state index is 0.125. The van der Waals surface area contributed by atoms with Gasteiger partial charge in [0.25, 0.3) is 0 Å². The molecule has 162 valence electrons. The lowest BCUT2D eigenvalue weighted by atomic mass is 10.1. The van der Waals surface area contributed by atoms with Gasteiger partial charge in [0.2, 0.25) is 11.7 Å². The summed E-state index contributed by atoms with van der Waals surface area (Å²) in [5, 5.41) is 3.16. The number of thiazole rings is 1. The number of ether oxygens (including phenoxy) is 1. The molecule has 0 saturated carbocycles. The zero-order valence-corrected chi connectivity index (χ0v) is 19.0. The van der Waals surface area contributed by atoms with Crippen LogP contribution in [0.25, 0.3) is 17.0 Å². The molecule has 2 aromatic heterocycles. The monoisotopic (exact) mass is 446 g/mol. The number of ketones is 1. The van der Waals surface area contributed by atoms with Gasteiger partial charge in [0.15, 0.2) is 22.2 Å². The Bertz CT molecular complexity index is 1330. The predicted octanol–water partition coefficient (Wildman–Crippen LogP) is 6.10. The van der Waals surface area contributed by atoms with Crippen LogP contribution in [-0.2, 0) is 4.79 Å². The zero-order valence-electron chi connectivity index (χ0n) is 18.2. The summed E-state index contributed by atoms with van der Waals surface area (Å²) < 4.78 is 11.0. The van der Waals surface area contributed by atoms with E-state index in [2.05, 4.69) is 4.98 Å². The van der Waals surface area contributed by atoms with Crippen molar-refractivity contribution in [2.24, 2.45) is 0 Å². The van der Waals surface area contributed by atoms with Gasteiger partial charge >= 0.3 is 0 Å². The maximum atomic E-state index is 12.6. The molecule has 0 bridgehead atoms. The number of carbonyl (C=O) groups is 2. The normalized spacial score (nSPS) is 11.2. The average Bonchev–Trinajstić information content (AvgIpc) is 3.41. The van der Waals surface area contributed by atoms with Crippen LogP contribution in [0.1, 0.15) is 34.3 Å². The Morgan fingerprint density at radius 3 is 2.53 bits per heavy atom. The van der Waals surface area contributed by atoms with Gasteiger partial charge in [0.1, 0.15) is 0 Å². The molecule has 0 aliphatic carbocycles. The van der Waals surface area contributed by atoms with E-state index in [1.54, 1.807) is 30.2 Å². The highest BCUT2D eigenvalue weighted by molar-refractivity contribution is 7.14. The van der Waals surface area contributed by atoms with E-state index in [0.717, 1.165) is 22.2 Å². The molecule has 0 radical (unpaired) electrons. The lowest BCUT2D eigenvalue weighted by Gasteiger charge is -2.22. The summed E-state index contributed by atoms with van der Waals surface area (Å²) in [7, 11) is 1.56. The second-order valence-electron chi connectivity index (χ2n) is 7.34. The van der Waals surface area contributed by atoms with Crippen LogP contribution in [0.3, 0.4) is 0 Å². The smallest absolute Gasteiger partial charge is 0.230 e. The predicted molar refractivity (Wildman–Crippen MR) is 127 cm³/mol. The SMILES string of the molecule is COc1cccc2cc(C(=O)/C=C/c3csc(N(C(C)=O)c4c(C)cccc4C)n3)oc12. The van der Waals surface area contributed by atoms with Crippen LogP contribution in [0.15, 0.2) is 58.3 Å². The van der Waals surface area contributed by atoms with Crippen molar-refractivity contribution in [2.45, 2.75) is 20.8 Å². The Kier molecular flexibility index (Phi) is 5.92. The molecule has 4 rings (SSSR count). The third-order valence-corrected chi connectivity index (χ3v) is 5.90. The minimum atomic E-state index is -0.282. The van der Waals surface area contributed by atoms with E-state index >= 15 is 0 Å². The number of allylic oxidation sites excluding steroid dienone is 1. The standard InChI is InChI=1S/C25H22N2O4S/c1-15-7-5-8-16(2)23(15)27(17(3)28)25-26-19(14-32-25)11-12-20(29)22-13-18-9-6-10-21(30-4)24(18)31-22/h5-14H,1-4H3/b12-11+. The van der Waals surface area contributed by atoms with Crippen molar-refractivity contribution in [3.8, 4) is 5.75 Å². The summed E-state index contributed by atoms with van der Waals surface area (Å²) in [5.41, 5.74) is 3.93. The molecule has 6 nitrogen and oxygen atoms in total. The van der Waals surface area contributed by atoms with Gasteiger partial charge < -0.3 is 9.15 Å². The fourth-order valence-corrected chi connectivity index (χ4v) is 4.40. The quantitative estimate of drug-likeness (QED) is 0.264. The molecule has 0 atom stereocenters. The molecule has 0 aliphatic heterocycles. The molecule has 7 heteroatoms. The lowest BCUT2D eigenvalue weighted by molar-refractivity contribution is -0.115. The molecular weight excluding hydrogens is 424 g/mol. The van der Waals surface area contributed by atoms with Gasteiger partial charge in [-0.05, 0) is 49.3 Å². The number of furan rings is 1. The number of para-hydroxylation sites is 2. The highest BCUT2D eigenvalue weighted by Gasteiger charge is 2.21. The Hall–Kier alpha value is -3.71. The van der Waals surface area contributed by atoms with Crippen molar-refractivity contribution in [1.82, 2.24) is 4.98 Å². The van der Waals surface area contributed by atoms with Crippen molar-refractivity contribution in [2.75, 3.05) is 12.0 Å². The maximum absolute atomic E-state index is 12.6. The number of rotatable bonds is 6. The molecule has 0 unspecified atom stereocenters. The number of nitrogens with zero attached hydrogens (tertiary/aromatic N) is 2. The second kappa shape index (κ2) is 8.80. The zero-order chi connectivity index (χ0) is 22.8.